The summed E-state index contributed by atoms with van der Waals surface area (Å²) in [5, 5.41) is 6.34. The van der Waals surface area contributed by atoms with Gasteiger partial charge in [-0.1, -0.05) is 39.5 Å². The Balaban J connectivity index is 2.18. The molecule has 18 heavy (non-hydrogen) atoms. The first-order chi connectivity index (χ1) is 8.59. The molecule has 1 rings (SSSR count). The minimum Gasteiger partial charge on any atom is -0.355 e. The molecule has 0 saturated heterocycles. The van der Waals surface area contributed by atoms with Crippen LogP contribution in [0.3, 0.4) is 0 Å². The Labute approximate surface area is 112 Å². The summed E-state index contributed by atoms with van der Waals surface area (Å²) in [7, 11) is 0. The molecule has 0 aromatic heterocycles. The van der Waals surface area contributed by atoms with E-state index in [2.05, 4.69) is 31.4 Å². The predicted octanol–water partition coefficient (Wildman–Crippen LogP) is 2.71. The van der Waals surface area contributed by atoms with Gasteiger partial charge in [-0.05, 0) is 31.6 Å². The number of hydrogen-bond acceptors (Lipinski definition) is 2. The lowest BCUT2D eigenvalue weighted by Gasteiger charge is -2.23. The number of carbonyl (C=O) groups is 1. The maximum atomic E-state index is 11.6. The van der Waals surface area contributed by atoms with Crippen LogP contribution in [0.4, 0.5) is 0 Å². The van der Waals surface area contributed by atoms with Crippen molar-refractivity contribution in [1.82, 2.24) is 10.6 Å². The standard InChI is InChI=1S/C15H30N2O/c1-12(2)10-17-15(18)11-16-13(3)14-8-6-4-5-7-9-14/h12-14,16H,4-11H2,1-3H3,(H,17,18)/t13-/m1/s1. The summed E-state index contributed by atoms with van der Waals surface area (Å²) in [6.07, 6.45) is 8.13. The predicted molar refractivity (Wildman–Crippen MR) is 76.5 cm³/mol. The second-order valence-electron chi connectivity index (χ2n) is 6.12. The van der Waals surface area contributed by atoms with Crippen LogP contribution in [0, 0.1) is 11.8 Å². The van der Waals surface area contributed by atoms with E-state index in [-0.39, 0.29) is 5.91 Å². The van der Waals surface area contributed by atoms with E-state index in [4.69, 9.17) is 0 Å². The number of rotatable bonds is 6. The maximum Gasteiger partial charge on any atom is 0.233 e. The highest BCUT2D eigenvalue weighted by Gasteiger charge is 2.19. The lowest BCUT2D eigenvalue weighted by atomic mass is 9.93. The van der Waals surface area contributed by atoms with Crippen LogP contribution in [-0.2, 0) is 4.79 Å². The molecule has 1 fully saturated rings. The monoisotopic (exact) mass is 254 g/mol. The van der Waals surface area contributed by atoms with E-state index in [1.807, 2.05) is 0 Å². The molecule has 1 aliphatic rings. The molecular formula is C15H30N2O. The fourth-order valence-electron chi connectivity index (χ4n) is 2.61. The van der Waals surface area contributed by atoms with E-state index < -0.39 is 0 Å². The second kappa shape index (κ2) is 8.52. The van der Waals surface area contributed by atoms with Crippen molar-refractivity contribution >= 4 is 5.91 Å². The molecule has 106 valence electrons. The smallest absolute Gasteiger partial charge is 0.233 e. The van der Waals surface area contributed by atoms with E-state index in [0.29, 0.717) is 18.5 Å². The Hall–Kier alpha value is -0.570. The molecule has 3 nitrogen and oxygen atoms in total. The number of amides is 1. The largest absolute Gasteiger partial charge is 0.355 e. The van der Waals surface area contributed by atoms with Gasteiger partial charge < -0.3 is 10.6 Å². The molecule has 0 unspecified atom stereocenters. The van der Waals surface area contributed by atoms with E-state index >= 15 is 0 Å². The third-order valence-corrected chi connectivity index (χ3v) is 3.90. The van der Waals surface area contributed by atoms with E-state index in [1.165, 1.54) is 38.5 Å². The zero-order valence-corrected chi connectivity index (χ0v) is 12.3. The molecule has 0 heterocycles. The zero-order valence-electron chi connectivity index (χ0n) is 12.3. The summed E-state index contributed by atoms with van der Waals surface area (Å²) in [5.74, 6) is 1.41. The Morgan fingerprint density at radius 2 is 1.72 bits per heavy atom. The van der Waals surface area contributed by atoms with Gasteiger partial charge in [-0.25, -0.2) is 0 Å². The minimum absolute atomic E-state index is 0.129. The van der Waals surface area contributed by atoms with Gasteiger partial charge in [0.1, 0.15) is 0 Å². The highest BCUT2D eigenvalue weighted by Crippen LogP contribution is 2.25. The van der Waals surface area contributed by atoms with Gasteiger partial charge in [-0.2, -0.15) is 0 Å². The first-order valence-corrected chi connectivity index (χ1v) is 7.59. The highest BCUT2D eigenvalue weighted by molar-refractivity contribution is 5.77. The highest BCUT2D eigenvalue weighted by atomic mass is 16.1. The van der Waals surface area contributed by atoms with Crippen molar-refractivity contribution in [3.05, 3.63) is 0 Å². The van der Waals surface area contributed by atoms with Gasteiger partial charge in [0.25, 0.3) is 0 Å². The Morgan fingerprint density at radius 3 is 2.28 bits per heavy atom. The van der Waals surface area contributed by atoms with Crippen molar-refractivity contribution in [2.75, 3.05) is 13.1 Å². The average molecular weight is 254 g/mol. The Bertz CT molecular complexity index is 233. The summed E-state index contributed by atoms with van der Waals surface area (Å²) in [4.78, 5) is 11.6. The molecule has 3 heteroatoms. The number of hydrogen-bond donors (Lipinski definition) is 2. The minimum atomic E-state index is 0.129. The van der Waals surface area contributed by atoms with Crippen molar-refractivity contribution < 1.29 is 4.79 Å². The zero-order chi connectivity index (χ0) is 13.4. The van der Waals surface area contributed by atoms with Crippen molar-refractivity contribution in [3.63, 3.8) is 0 Å². The molecule has 0 aromatic rings. The van der Waals surface area contributed by atoms with Gasteiger partial charge in [-0.3, -0.25) is 4.79 Å². The summed E-state index contributed by atoms with van der Waals surface area (Å²) >= 11 is 0. The van der Waals surface area contributed by atoms with Gasteiger partial charge in [0.05, 0.1) is 6.54 Å². The van der Waals surface area contributed by atoms with Crippen molar-refractivity contribution in [2.45, 2.75) is 65.3 Å². The van der Waals surface area contributed by atoms with Crippen LogP contribution in [0.1, 0.15) is 59.3 Å². The van der Waals surface area contributed by atoms with E-state index in [1.54, 1.807) is 0 Å². The molecule has 1 atom stereocenters. The van der Waals surface area contributed by atoms with Crippen LogP contribution in [0.15, 0.2) is 0 Å². The van der Waals surface area contributed by atoms with E-state index in [0.717, 1.165) is 12.5 Å². The molecule has 1 aliphatic carbocycles. The second-order valence-corrected chi connectivity index (χ2v) is 6.12. The van der Waals surface area contributed by atoms with Gasteiger partial charge in [0.2, 0.25) is 5.91 Å². The normalized spacial score (nSPS) is 19.6. The molecule has 0 bridgehead atoms. The number of carbonyl (C=O) groups excluding carboxylic acids is 1. The average Bonchev–Trinajstić information content (AvgIpc) is 2.62. The third kappa shape index (κ3) is 6.39. The summed E-state index contributed by atoms with van der Waals surface area (Å²) in [6, 6.07) is 0.466. The quantitative estimate of drug-likeness (QED) is 0.716. The Morgan fingerprint density at radius 1 is 1.11 bits per heavy atom. The van der Waals surface area contributed by atoms with Gasteiger partial charge in [-0.15, -0.1) is 0 Å². The van der Waals surface area contributed by atoms with Crippen LogP contribution in [-0.4, -0.2) is 25.0 Å². The van der Waals surface area contributed by atoms with Gasteiger partial charge in [0, 0.05) is 12.6 Å². The van der Waals surface area contributed by atoms with Crippen molar-refractivity contribution in [1.29, 1.82) is 0 Å². The first kappa shape index (κ1) is 15.5. The summed E-state index contributed by atoms with van der Waals surface area (Å²) < 4.78 is 0. The van der Waals surface area contributed by atoms with Crippen LogP contribution in [0.25, 0.3) is 0 Å². The van der Waals surface area contributed by atoms with Crippen LogP contribution >= 0.6 is 0 Å². The van der Waals surface area contributed by atoms with Gasteiger partial charge >= 0.3 is 0 Å². The SMILES string of the molecule is CC(C)CNC(=O)CN[C@H](C)C1CCCCCC1. The molecular weight excluding hydrogens is 224 g/mol. The number of nitrogens with one attached hydrogen (secondary N) is 2. The molecule has 1 saturated carbocycles. The molecule has 0 aliphatic heterocycles. The summed E-state index contributed by atoms with van der Waals surface area (Å²) in [6.45, 7) is 7.69. The maximum absolute atomic E-state index is 11.6. The molecule has 1 amide bonds. The molecule has 0 aromatic carbocycles. The lowest BCUT2D eigenvalue weighted by molar-refractivity contribution is -0.120. The first-order valence-electron chi connectivity index (χ1n) is 7.59. The fourth-order valence-corrected chi connectivity index (χ4v) is 2.61. The lowest BCUT2D eigenvalue weighted by Crippen LogP contribution is -2.41. The van der Waals surface area contributed by atoms with Gasteiger partial charge in [0.15, 0.2) is 0 Å². The van der Waals surface area contributed by atoms with E-state index in [9.17, 15) is 4.79 Å². The summed E-state index contributed by atoms with van der Waals surface area (Å²) in [5.41, 5.74) is 0. The molecule has 2 N–H and O–H groups in total. The van der Waals surface area contributed by atoms with Crippen LogP contribution < -0.4 is 10.6 Å². The topological polar surface area (TPSA) is 41.1 Å². The van der Waals surface area contributed by atoms with Crippen molar-refractivity contribution in [3.8, 4) is 0 Å². The van der Waals surface area contributed by atoms with Crippen LogP contribution in [0.5, 0.6) is 0 Å². The van der Waals surface area contributed by atoms with Crippen molar-refractivity contribution in [2.24, 2.45) is 11.8 Å². The third-order valence-electron chi connectivity index (χ3n) is 3.90. The fraction of sp³-hybridized carbons (Fsp3) is 0.933. The van der Waals surface area contributed by atoms with Crippen LogP contribution in [0.2, 0.25) is 0 Å². The Kier molecular flexibility index (Phi) is 7.33. The molecule has 0 radical (unpaired) electrons. The molecule has 0 spiro atoms.